The van der Waals surface area contributed by atoms with Crippen molar-refractivity contribution in [3.8, 4) is 0 Å². The molecule has 0 spiro atoms. The van der Waals surface area contributed by atoms with Crippen molar-refractivity contribution >= 4 is 0 Å². The topological polar surface area (TPSA) is 23.5 Å². The van der Waals surface area contributed by atoms with Gasteiger partial charge in [-0.25, -0.2) is 0 Å². The summed E-state index contributed by atoms with van der Waals surface area (Å²) in [5.74, 6) is 0. The molecule has 1 N–H and O–H groups in total. The van der Waals surface area contributed by atoms with Crippen LogP contribution in [0.3, 0.4) is 0 Å². The molecule has 0 aliphatic carbocycles. The second-order valence-electron chi connectivity index (χ2n) is 4.48. The van der Waals surface area contributed by atoms with Gasteiger partial charge in [0.15, 0.2) is 0 Å². The van der Waals surface area contributed by atoms with Gasteiger partial charge in [-0.3, -0.25) is 4.90 Å². The molecule has 1 rings (SSSR count). The zero-order valence-corrected chi connectivity index (χ0v) is 10.1. The number of hydrogen-bond donors (Lipinski definition) is 1. The largest absolute Gasteiger partial charge is 0.392 e. The van der Waals surface area contributed by atoms with Gasteiger partial charge in [0.1, 0.15) is 0 Å². The van der Waals surface area contributed by atoms with Gasteiger partial charge in [0.2, 0.25) is 0 Å². The molecule has 0 radical (unpaired) electrons. The van der Waals surface area contributed by atoms with Crippen molar-refractivity contribution in [1.82, 2.24) is 4.90 Å². The summed E-state index contributed by atoms with van der Waals surface area (Å²) in [6, 6.07) is 6.50. The van der Waals surface area contributed by atoms with Gasteiger partial charge in [0.05, 0.1) is 6.10 Å². The second-order valence-corrected chi connectivity index (χ2v) is 4.48. The highest BCUT2D eigenvalue weighted by Gasteiger charge is 2.05. The molecule has 1 aromatic rings. The molecule has 0 amide bonds. The van der Waals surface area contributed by atoms with Gasteiger partial charge >= 0.3 is 0 Å². The maximum absolute atomic E-state index is 9.28. The molecule has 15 heavy (non-hydrogen) atoms. The summed E-state index contributed by atoms with van der Waals surface area (Å²) in [4.78, 5) is 2.15. The molecule has 2 heteroatoms. The van der Waals surface area contributed by atoms with Gasteiger partial charge in [-0.05, 0) is 38.9 Å². The Morgan fingerprint density at radius 1 is 1.33 bits per heavy atom. The van der Waals surface area contributed by atoms with Gasteiger partial charge < -0.3 is 5.11 Å². The Kier molecular flexibility index (Phi) is 4.30. The van der Waals surface area contributed by atoms with Crippen LogP contribution in [-0.2, 0) is 6.54 Å². The maximum Gasteiger partial charge on any atom is 0.0639 e. The van der Waals surface area contributed by atoms with Crippen LogP contribution in [0.15, 0.2) is 18.2 Å². The minimum Gasteiger partial charge on any atom is -0.392 e. The summed E-state index contributed by atoms with van der Waals surface area (Å²) in [5, 5.41) is 9.28. The number of benzene rings is 1. The molecule has 0 bridgehead atoms. The Hall–Kier alpha value is -0.860. The van der Waals surface area contributed by atoms with E-state index in [1.54, 1.807) is 0 Å². The van der Waals surface area contributed by atoms with Crippen molar-refractivity contribution in [3.63, 3.8) is 0 Å². The summed E-state index contributed by atoms with van der Waals surface area (Å²) < 4.78 is 0. The van der Waals surface area contributed by atoms with E-state index in [9.17, 15) is 5.11 Å². The van der Waals surface area contributed by atoms with Gasteiger partial charge in [-0.15, -0.1) is 0 Å². The average molecular weight is 207 g/mol. The minimum atomic E-state index is -0.264. The summed E-state index contributed by atoms with van der Waals surface area (Å²) in [6.45, 7) is 7.67. The molecule has 1 unspecified atom stereocenters. The Morgan fingerprint density at radius 2 is 2.00 bits per heavy atom. The van der Waals surface area contributed by atoms with E-state index >= 15 is 0 Å². The third-order valence-corrected chi connectivity index (χ3v) is 2.52. The lowest BCUT2D eigenvalue weighted by Gasteiger charge is -2.19. The van der Waals surface area contributed by atoms with Crippen LogP contribution in [-0.4, -0.2) is 29.7 Å². The highest BCUT2D eigenvalue weighted by Crippen LogP contribution is 2.12. The molecule has 0 fully saturated rings. The van der Waals surface area contributed by atoms with E-state index in [0.717, 1.165) is 6.54 Å². The predicted molar refractivity (Wildman–Crippen MR) is 63.9 cm³/mol. The summed E-state index contributed by atoms with van der Waals surface area (Å²) in [7, 11) is 2.04. The number of rotatable bonds is 4. The van der Waals surface area contributed by atoms with E-state index in [2.05, 4.69) is 36.9 Å². The van der Waals surface area contributed by atoms with E-state index in [4.69, 9.17) is 0 Å². The lowest BCUT2D eigenvalue weighted by molar-refractivity contribution is 0.138. The molecule has 0 heterocycles. The molecule has 84 valence electrons. The van der Waals surface area contributed by atoms with Crippen LogP contribution in [0.4, 0.5) is 0 Å². The maximum atomic E-state index is 9.28. The van der Waals surface area contributed by atoms with Gasteiger partial charge in [-0.2, -0.15) is 0 Å². The second kappa shape index (κ2) is 5.29. The minimum absolute atomic E-state index is 0.264. The quantitative estimate of drug-likeness (QED) is 0.817. The van der Waals surface area contributed by atoms with E-state index < -0.39 is 0 Å². The Balaban J connectivity index is 2.67. The molecule has 2 nitrogen and oxygen atoms in total. The number of nitrogens with zero attached hydrogens (tertiary/aromatic N) is 1. The van der Waals surface area contributed by atoms with Crippen molar-refractivity contribution in [2.24, 2.45) is 0 Å². The number of hydrogen-bond acceptors (Lipinski definition) is 2. The van der Waals surface area contributed by atoms with Gasteiger partial charge in [0, 0.05) is 13.1 Å². The van der Waals surface area contributed by atoms with Crippen LogP contribution in [0.5, 0.6) is 0 Å². The fourth-order valence-electron chi connectivity index (χ4n) is 1.78. The molecule has 0 aliphatic rings. The molecule has 0 saturated heterocycles. The Bertz CT molecular complexity index is 320. The average Bonchev–Trinajstić information content (AvgIpc) is 2.10. The number of aryl methyl sites for hydroxylation is 2. The van der Waals surface area contributed by atoms with E-state index in [-0.39, 0.29) is 6.10 Å². The first-order chi connectivity index (χ1) is 6.99. The number of likely N-dealkylation sites (N-methyl/N-ethyl adjacent to an activating group) is 1. The van der Waals surface area contributed by atoms with E-state index in [0.29, 0.717) is 6.54 Å². The highest BCUT2D eigenvalue weighted by molar-refractivity contribution is 5.30. The molecular weight excluding hydrogens is 186 g/mol. The standard InChI is InChI=1S/C13H21NO/c1-10-5-6-11(2)13(7-10)9-14(4)8-12(3)15/h5-7,12,15H,8-9H2,1-4H3. The fraction of sp³-hybridized carbons (Fsp3) is 0.538. The monoisotopic (exact) mass is 207 g/mol. The molecular formula is C13H21NO. The third-order valence-electron chi connectivity index (χ3n) is 2.52. The van der Waals surface area contributed by atoms with Crippen LogP contribution in [0.2, 0.25) is 0 Å². The lowest BCUT2D eigenvalue weighted by Crippen LogP contribution is -2.27. The zero-order chi connectivity index (χ0) is 11.4. The smallest absolute Gasteiger partial charge is 0.0639 e. The van der Waals surface area contributed by atoms with Crippen molar-refractivity contribution in [3.05, 3.63) is 34.9 Å². The fourth-order valence-corrected chi connectivity index (χ4v) is 1.78. The number of aliphatic hydroxyl groups excluding tert-OH is 1. The summed E-state index contributed by atoms with van der Waals surface area (Å²) in [5.41, 5.74) is 3.96. The van der Waals surface area contributed by atoms with Crippen molar-refractivity contribution in [2.75, 3.05) is 13.6 Å². The summed E-state index contributed by atoms with van der Waals surface area (Å²) >= 11 is 0. The first-order valence-electron chi connectivity index (χ1n) is 5.42. The Morgan fingerprint density at radius 3 is 2.60 bits per heavy atom. The molecule has 0 aliphatic heterocycles. The third kappa shape index (κ3) is 4.02. The van der Waals surface area contributed by atoms with Crippen LogP contribution < -0.4 is 0 Å². The van der Waals surface area contributed by atoms with Crippen molar-refractivity contribution in [2.45, 2.75) is 33.4 Å². The molecule has 0 saturated carbocycles. The van der Waals surface area contributed by atoms with Crippen LogP contribution >= 0.6 is 0 Å². The zero-order valence-electron chi connectivity index (χ0n) is 10.1. The van der Waals surface area contributed by atoms with Crippen LogP contribution in [0.1, 0.15) is 23.6 Å². The van der Waals surface area contributed by atoms with E-state index in [1.807, 2.05) is 14.0 Å². The lowest BCUT2D eigenvalue weighted by atomic mass is 10.1. The first kappa shape index (κ1) is 12.2. The van der Waals surface area contributed by atoms with Gasteiger partial charge in [-0.1, -0.05) is 23.8 Å². The SMILES string of the molecule is Cc1ccc(C)c(CN(C)CC(C)O)c1. The van der Waals surface area contributed by atoms with Crippen LogP contribution in [0, 0.1) is 13.8 Å². The highest BCUT2D eigenvalue weighted by atomic mass is 16.3. The normalized spacial score (nSPS) is 13.2. The molecule has 1 atom stereocenters. The van der Waals surface area contributed by atoms with Crippen LogP contribution in [0.25, 0.3) is 0 Å². The molecule has 1 aromatic carbocycles. The van der Waals surface area contributed by atoms with E-state index in [1.165, 1.54) is 16.7 Å². The van der Waals surface area contributed by atoms with Crippen molar-refractivity contribution in [1.29, 1.82) is 0 Å². The van der Waals surface area contributed by atoms with Crippen molar-refractivity contribution < 1.29 is 5.11 Å². The molecule has 0 aromatic heterocycles. The predicted octanol–water partition coefficient (Wildman–Crippen LogP) is 2.12. The number of aliphatic hydroxyl groups is 1. The first-order valence-corrected chi connectivity index (χ1v) is 5.42. The van der Waals surface area contributed by atoms with Gasteiger partial charge in [0.25, 0.3) is 0 Å². The Labute approximate surface area is 92.5 Å². The summed E-state index contributed by atoms with van der Waals surface area (Å²) in [6.07, 6.45) is -0.264.